The van der Waals surface area contributed by atoms with Crippen LogP contribution in [0.1, 0.15) is 55.1 Å². The maximum atomic E-state index is 12.8. The average Bonchev–Trinajstić information content (AvgIpc) is 3.39. The fourth-order valence-corrected chi connectivity index (χ4v) is 4.13. The Bertz CT molecular complexity index is 1550. The number of benzene rings is 3. The lowest BCUT2D eigenvalue weighted by Crippen LogP contribution is -2.47. The second-order valence-corrected chi connectivity index (χ2v) is 10.3. The first-order chi connectivity index (χ1) is 18.5. The number of carboxylic acids is 1. The van der Waals surface area contributed by atoms with Gasteiger partial charge in [-0.25, -0.2) is 9.59 Å². The number of rotatable bonds is 7. The van der Waals surface area contributed by atoms with Gasteiger partial charge in [0, 0.05) is 12.0 Å². The number of amides is 1. The lowest BCUT2D eigenvalue weighted by Gasteiger charge is -2.29. The molecule has 1 heterocycles. The van der Waals surface area contributed by atoms with Crippen LogP contribution in [0.4, 0.5) is 4.79 Å². The van der Waals surface area contributed by atoms with Gasteiger partial charge in [0.05, 0.1) is 17.2 Å². The maximum absolute atomic E-state index is 12.8. The van der Waals surface area contributed by atoms with Crippen molar-refractivity contribution in [3.8, 4) is 28.7 Å². The zero-order chi connectivity index (χ0) is 28.2. The van der Waals surface area contributed by atoms with Crippen LogP contribution in [-0.4, -0.2) is 33.0 Å². The Kier molecular flexibility index (Phi) is 7.49. The van der Waals surface area contributed by atoms with Crippen LogP contribution in [0.25, 0.3) is 22.6 Å². The fourth-order valence-electron chi connectivity index (χ4n) is 4.13. The summed E-state index contributed by atoms with van der Waals surface area (Å²) in [6, 6.07) is 23.1. The SMILES string of the molecule is CC(C)(C)OC(=O)N[C@@](C)(Cc1ccccc1)c1nnc(-c2cc(C(=O)O)cc(-c3ccccc3C#N)c2)o1. The average molecular weight is 525 g/mol. The summed E-state index contributed by atoms with van der Waals surface area (Å²) in [5, 5.41) is 30.6. The Hall–Kier alpha value is -4.97. The van der Waals surface area contributed by atoms with E-state index < -0.39 is 23.2 Å². The number of aromatic nitrogens is 2. The van der Waals surface area contributed by atoms with E-state index in [1.165, 1.54) is 12.1 Å². The third-order valence-electron chi connectivity index (χ3n) is 5.86. The van der Waals surface area contributed by atoms with Gasteiger partial charge in [-0.3, -0.25) is 0 Å². The number of hydrogen-bond donors (Lipinski definition) is 2. The molecule has 0 unspecified atom stereocenters. The number of alkyl carbamates (subject to hydrolysis) is 1. The van der Waals surface area contributed by atoms with Crippen molar-refractivity contribution >= 4 is 12.1 Å². The third-order valence-corrected chi connectivity index (χ3v) is 5.86. The maximum Gasteiger partial charge on any atom is 0.408 e. The Labute approximate surface area is 226 Å². The Morgan fingerprint density at radius 2 is 1.64 bits per heavy atom. The normalized spacial score (nSPS) is 12.7. The van der Waals surface area contributed by atoms with Crippen molar-refractivity contribution in [2.45, 2.75) is 45.3 Å². The van der Waals surface area contributed by atoms with Gasteiger partial charge in [0.15, 0.2) is 0 Å². The number of hydrogen-bond acceptors (Lipinski definition) is 7. The molecule has 0 saturated carbocycles. The first-order valence-electron chi connectivity index (χ1n) is 12.2. The zero-order valence-corrected chi connectivity index (χ0v) is 22.1. The molecule has 198 valence electrons. The number of nitriles is 1. The van der Waals surface area contributed by atoms with Gasteiger partial charge >= 0.3 is 12.1 Å². The van der Waals surface area contributed by atoms with E-state index in [0.717, 1.165) is 5.56 Å². The van der Waals surface area contributed by atoms with Crippen LogP contribution in [0.15, 0.2) is 77.2 Å². The largest absolute Gasteiger partial charge is 0.478 e. The highest BCUT2D eigenvalue weighted by Crippen LogP contribution is 2.32. The van der Waals surface area contributed by atoms with Crippen LogP contribution in [0.5, 0.6) is 0 Å². The van der Waals surface area contributed by atoms with E-state index in [0.29, 0.717) is 28.7 Å². The predicted molar refractivity (Wildman–Crippen MR) is 144 cm³/mol. The van der Waals surface area contributed by atoms with Crippen molar-refractivity contribution in [1.82, 2.24) is 15.5 Å². The summed E-state index contributed by atoms with van der Waals surface area (Å²) >= 11 is 0. The van der Waals surface area contributed by atoms with E-state index in [1.807, 2.05) is 30.3 Å². The number of nitrogens with one attached hydrogen (secondary N) is 1. The van der Waals surface area contributed by atoms with E-state index >= 15 is 0 Å². The lowest BCUT2D eigenvalue weighted by atomic mass is 9.92. The molecular formula is C30H28N4O5. The van der Waals surface area contributed by atoms with Gasteiger partial charge in [-0.05, 0) is 68.7 Å². The van der Waals surface area contributed by atoms with E-state index in [2.05, 4.69) is 21.6 Å². The Balaban J connectivity index is 1.77. The van der Waals surface area contributed by atoms with Crippen molar-refractivity contribution in [3.63, 3.8) is 0 Å². The molecule has 0 fully saturated rings. The molecule has 3 aromatic carbocycles. The predicted octanol–water partition coefficient (Wildman–Crippen LogP) is 5.96. The van der Waals surface area contributed by atoms with Crippen molar-refractivity contribution in [2.24, 2.45) is 0 Å². The Morgan fingerprint density at radius 3 is 2.31 bits per heavy atom. The van der Waals surface area contributed by atoms with Gasteiger partial charge in [0.1, 0.15) is 11.1 Å². The standard InChI is InChI=1S/C30H28N4O5/c1-29(2,3)39-28(37)32-30(4,17-19-10-6-5-7-11-19)27-34-33-25(38-27)22-14-21(15-23(16-22)26(35)36)24-13-9-8-12-20(24)18-31/h5-16H,17H2,1-4H3,(H,32,37)(H,35,36)/t30-/m0/s1. The van der Waals surface area contributed by atoms with Crippen LogP contribution in [0, 0.1) is 11.3 Å². The van der Waals surface area contributed by atoms with Crippen LogP contribution in [0.2, 0.25) is 0 Å². The summed E-state index contributed by atoms with van der Waals surface area (Å²) in [6.07, 6.45) is -0.325. The molecule has 0 aliphatic heterocycles. The number of aromatic carboxylic acids is 1. The molecule has 2 N–H and O–H groups in total. The monoisotopic (exact) mass is 524 g/mol. The summed E-state index contributed by atoms with van der Waals surface area (Å²) in [4.78, 5) is 24.7. The number of carboxylic acid groups (broad SMARTS) is 1. The van der Waals surface area contributed by atoms with Gasteiger partial charge in [0.2, 0.25) is 11.8 Å². The highest BCUT2D eigenvalue weighted by atomic mass is 16.6. The van der Waals surface area contributed by atoms with E-state index in [1.54, 1.807) is 58.0 Å². The van der Waals surface area contributed by atoms with Crippen molar-refractivity contribution in [3.05, 3.63) is 95.4 Å². The summed E-state index contributed by atoms with van der Waals surface area (Å²) < 4.78 is 11.6. The first kappa shape index (κ1) is 27.1. The molecule has 0 radical (unpaired) electrons. The third kappa shape index (κ3) is 6.48. The van der Waals surface area contributed by atoms with Crippen LogP contribution < -0.4 is 5.32 Å². The fraction of sp³-hybridized carbons (Fsp3) is 0.233. The van der Waals surface area contributed by atoms with Crippen molar-refractivity contribution in [2.75, 3.05) is 0 Å². The van der Waals surface area contributed by atoms with Gasteiger partial charge in [0.25, 0.3) is 0 Å². The molecule has 0 aliphatic carbocycles. The molecule has 4 aromatic rings. The minimum atomic E-state index is -1.15. The van der Waals surface area contributed by atoms with Crippen molar-refractivity contribution < 1.29 is 23.8 Å². The van der Waals surface area contributed by atoms with Crippen LogP contribution in [0.3, 0.4) is 0 Å². The number of carbonyl (C=O) groups is 2. The van der Waals surface area contributed by atoms with Crippen molar-refractivity contribution in [1.29, 1.82) is 5.26 Å². The molecule has 9 heteroatoms. The molecule has 0 spiro atoms. The number of nitrogens with zero attached hydrogens (tertiary/aromatic N) is 3. The molecule has 1 aromatic heterocycles. The molecule has 9 nitrogen and oxygen atoms in total. The number of ether oxygens (including phenoxy) is 1. The van der Waals surface area contributed by atoms with E-state index in [9.17, 15) is 20.0 Å². The van der Waals surface area contributed by atoms with Crippen LogP contribution in [-0.2, 0) is 16.7 Å². The molecule has 0 saturated heterocycles. The van der Waals surface area contributed by atoms with Gasteiger partial charge in [-0.1, -0.05) is 48.5 Å². The Morgan fingerprint density at radius 1 is 0.974 bits per heavy atom. The van der Waals surface area contributed by atoms with Gasteiger partial charge in [-0.15, -0.1) is 10.2 Å². The van der Waals surface area contributed by atoms with E-state index in [4.69, 9.17) is 9.15 Å². The van der Waals surface area contributed by atoms with Crippen LogP contribution >= 0.6 is 0 Å². The first-order valence-corrected chi connectivity index (χ1v) is 12.2. The number of carbonyl (C=O) groups excluding carboxylic acids is 1. The summed E-state index contributed by atoms with van der Waals surface area (Å²) in [6.45, 7) is 7.06. The molecule has 0 bridgehead atoms. The topological polar surface area (TPSA) is 138 Å². The summed E-state index contributed by atoms with van der Waals surface area (Å²) in [5.41, 5.74) is 0.893. The molecule has 1 atom stereocenters. The summed E-state index contributed by atoms with van der Waals surface area (Å²) in [5.74, 6) is -0.964. The second-order valence-electron chi connectivity index (χ2n) is 10.3. The van der Waals surface area contributed by atoms with E-state index in [-0.39, 0.29) is 17.3 Å². The van der Waals surface area contributed by atoms with Gasteiger partial charge < -0.3 is 19.6 Å². The smallest absolute Gasteiger partial charge is 0.408 e. The minimum Gasteiger partial charge on any atom is -0.478 e. The molecule has 39 heavy (non-hydrogen) atoms. The highest BCUT2D eigenvalue weighted by molar-refractivity contribution is 5.92. The summed E-state index contributed by atoms with van der Waals surface area (Å²) in [7, 11) is 0. The zero-order valence-electron chi connectivity index (χ0n) is 22.1. The molecule has 1 amide bonds. The molecule has 4 rings (SSSR count). The quantitative estimate of drug-likeness (QED) is 0.302. The second kappa shape index (κ2) is 10.8. The highest BCUT2D eigenvalue weighted by Gasteiger charge is 2.36. The minimum absolute atomic E-state index is 0.00563. The lowest BCUT2D eigenvalue weighted by molar-refractivity contribution is 0.0443. The van der Waals surface area contributed by atoms with Gasteiger partial charge in [-0.2, -0.15) is 5.26 Å². The molecular weight excluding hydrogens is 496 g/mol. The molecule has 0 aliphatic rings.